The maximum absolute atomic E-state index is 12.7. The van der Waals surface area contributed by atoms with Crippen molar-refractivity contribution in [2.45, 2.75) is 30.7 Å². The number of carbonyl (C=O) groups is 2. The van der Waals surface area contributed by atoms with E-state index < -0.39 is 10.0 Å². The van der Waals surface area contributed by atoms with Gasteiger partial charge in [0.1, 0.15) is 0 Å². The van der Waals surface area contributed by atoms with E-state index in [0.717, 1.165) is 5.56 Å². The van der Waals surface area contributed by atoms with E-state index in [1.807, 2.05) is 37.3 Å². The lowest BCUT2D eigenvalue weighted by atomic mass is 10.1. The number of carbonyl (C=O) groups excluding carboxylic acids is 2. The minimum atomic E-state index is -3.62. The van der Waals surface area contributed by atoms with E-state index in [1.54, 1.807) is 4.90 Å². The van der Waals surface area contributed by atoms with Crippen LogP contribution in [0, 0.1) is 0 Å². The summed E-state index contributed by atoms with van der Waals surface area (Å²) < 4.78 is 26.8. The molecule has 1 fully saturated rings. The molecule has 1 aliphatic rings. The average molecular weight is 464 g/mol. The highest BCUT2D eigenvalue weighted by molar-refractivity contribution is 7.89. The molecule has 2 aromatic rings. The van der Waals surface area contributed by atoms with Gasteiger partial charge in [-0.3, -0.25) is 9.59 Å². The fraction of sp³-hybridized carbons (Fsp3) is 0.364. The summed E-state index contributed by atoms with van der Waals surface area (Å²) in [6, 6.07) is 15.5. The second-order valence-corrected chi connectivity index (χ2v) is 9.81. The van der Waals surface area contributed by atoms with Crippen LogP contribution >= 0.6 is 11.6 Å². The highest BCUT2D eigenvalue weighted by Crippen LogP contribution is 2.20. The summed E-state index contributed by atoms with van der Waals surface area (Å²) in [5, 5.41) is 3.37. The van der Waals surface area contributed by atoms with Gasteiger partial charge in [-0.05, 0) is 36.8 Å². The number of amides is 2. The molecule has 9 heteroatoms. The first-order chi connectivity index (χ1) is 14.8. The zero-order valence-electron chi connectivity index (χ0n) is 17.3. The fourth-order valence-corrected chi connectivity index (χ4v) is 5.00. The molecule has 1 saturated heterocycles. The van der Waals surface area contributed by atoms with Crippen LogP contribution < -0.4 is 5.32 Å². The molecule has 1 atom stereocenters. The van der Waals surface area contributed by atoms with Crippen molar-refractivity contribution in [1.82, 2.24) is 14.5 Å². The summed E-state index contributed by atoms with van der Waals surface area (Å²) in [6.07, 6.45) is 0.191. The molecule has 1 heterocycles. The second-order valence-electron chi connectivity index (χ2n) is 7.44. The van der Waals surface area contributed by atoms with E-state index in [4.69, 9.17) is 11.6 Å². The predicted octanol–water partition coefficient (Wildman–Crippen LogP) is 2.83. The van der Waals surface area contributed by atoms with Crippen LogP contribution in [0.4, 0.5) is 0 Å². The zero-order chi connectivity index (χ0) is 22.4. The number of halogens is 1. The first kappa shape index (κ1) is 23.2. The molecular formula is C22H26ClN3O4S. The lowest BCUT2D eigenvalue weighted by Gasteiger charge is -2.34. The first-order valence-electron chi connectivity index (χ1n) is 10.1. The molecule has 3 rings (SSSR count). The molecule has 31 heavy (non-hydrogen) atoms. The van der Waals surface area contributed by atoms with Gasteiger partial charge in [0.2, 0.25) is 21.8 Å². The van der Waals surface area contributed by atoms with Crippen molar-refractivity contribution >= 4 is 33.4 Å². The maximum atomic E-state index is 12.7. The highest BCUT2D eigenvalue weighted by atomic mass is 35.5. The molecule has 0 unspecified atom stereocenters. The van der Waals surface area contributed by atoms with Gasteiger partial charge >= 0.3 is 0 Å². The molecule has 0 aromatic heterocycles. The number of benzene rings is 2. The summed E-state index contributed by atoms with van der Waals surface area (Å²) in [6.45, 7) is 2.93. The van der Waals surface area contributed by atoms with Gasteiger partial charge in [0.15, 0.2) is 0 Å². The Hall–Kier alpha value is -2.42. The van der Waals surface area contributed by atoms with Crippen LogP contribution in [0.25, 0.3) is 0 Å². The van der Waals surface area contributed by atoms with Crippen molar-refractivity contribution in [3.05, 3.63) is 65.2 Å². The topological polar surface area (TPSA) is 86.8 Å². The first-order valence-corrected chi connectivity index (χ1v) is 12.0. The maximum Gasteiger partial charge on any atom is 0.243 e. The van der Waals surface area contributed by atoms with E-state index in [0.29, 0.717) is 18.1 Å². The third-order valence-corrected chi connectivity index (χ3v) is 7.45. The Kier molecular flexibility index (Phi) is 7.69. The lowest BCUT2D eigenvalue weighted by Crippen LogP contribution is -2.50. The van der Waals surface area contributed by atoms with Gasteiger partial charge in [0.25, 0.3) is 0 Å². The SMILES string of the molecule is C[C@@H](NC(=O)CCC(=O)N1CCN(S(=O)(=O)c2ccc(Cl)cc2)CC1)c1ccccc1. The van der Waals surface area contributed by atoms with Gasteiger partial charge in [0.05, 0.1) is 10.9 Å². The van der Waals surface area contributed by atoms with Crippen molar-refractivity contribution in [3.63, 3.8) is 0 Å². The average Bonchev–Trinajstić information content (AvgIpc) is 2.78. The molecule has 1 aliphatic heterocycles. The van der Waals surface area contributed by atoms with Gasteiger partial charge in [-0.15, -0.1) is 0 Å². The minimum Gasteiger partial charge on any atom is -0.350 e. The van der Waals surface area contributed by atoms with E-state index in [9.17, 15) is 18.0 Å². The monoisotopic (exact) mass is 463 g/mol. The normalized spacial score (nSPS) is 16.0. The predicted molar refractivity (Wildman–Crippen MR) is 119 cm³/mol. The Labute approximate surface area is 188 Å². The van der Waals surface area contributed by atoms with Crippen molar-refractivity contribution < 1.29 is 18.0 Å². The molecule has 0 bridgehead atoms. The third kappa shape index (κ3) is 6.06. The third-order valence-electron chi connectivity index (χ3n) is 5.29. The van der Waals surface area contributed by atoms with Crippen LogP contribution in [0.3, 0.4) is 0 Å². The fourth-order valence-electron chi connectivity index (χ4n) is 3.45. The molecular weight excluding hydrogens is 438 g/mol. The highest BCUT2D eigenvalue weighted by Gasteiger charge is 2.30. The van der Waals surface area contributed by atoms with Crippen LogP contribution in [0.15, 0.2) is 59.5 Å². The Balaban J connectivity index is 1.45. The molecule has 166 valence electrons. The standard InChI is InChI=1S/C22H26ClN3O4S/c1-17(18-5-3-2-4-6-18)24-21(27)11-12-22(28)25-13-15-26(16-14-25)31(29,30)20-9-7-19(23)8-10-20/h2-10,17H,11-16H2,1H3,(H,24,27)/t17-/m1/s1. The number of hydrogen-bond acceptors (Lipinski definition) is 4. The van der Waals surface area contributed by atoms with Crippen LogP contribution in [0.5, 0.6) is 0 Å². The Morgan fingerprint density at radius 2 is 1.58 bits per heavy atom. The molecule has 7 nitrogen and oxygen atoms in total. The molecule has 1 N–H and O–H groups in total. The van der Waals surface area contributed by atoms with E-state index in [-0.39, 0.29) is 48.7 Å². The molecule has 2 aromatic carbocycles. The van der Waals surface area contributed by atoms with Gasteiger partial charge in [0, 0.05) is 44.0 Å². The number of piperazine rings is 1. The second kappa shape index (κ2) is 10.3. The van der Waals surface area contributed by atoms with Crippen LogP contribution in [-0.2, 0) is 19.6 Å². The summed E-state index contributed by atoms with van der Waals surface area (Å²) in [4.78, 5) is 26.5. The van der Waals surface area contributed by atoms with Crippen molar-refractivity contribution in [1.29, 1.82) is 0 Å². The molecule has 0 aliphatic carbocycles. The van der Waals surface area contributed by atoms with Gasteiger partial charge in [-0.2, -0.15) is 4.31 Å². The van der Waals surface area contributed by atoms with Crippen LogP contribution in [0.2, 0.25) is 5.02 Å². The quantitative estimate of drug-likeness (QED) is 0.684. The van der Waals surface area contributed by atoms with Gasteiger partial charge in [-0.25, -0.2) is 8.42 Å². The lowest BCUT2D eigenvalue weighted by molar-refractivity contribution is -0.134. The summed E-state index contributed by atoms with van der Waals surface area (Å²) in [5.41, 5.74) is 1.00. The van der Waals surface area contributed by atoms with Crippen molar-refractivity contribution in [3.8, 4) is 0 Å². The Bertz CT molecular complexity index is 1000. The molecule has 0 radical (unpaired) electrons. The van der Waals surface area contributed by atoms with Crippen LogP contribution in [0.1, 0.15) is 31.4 Å². The Morgan fingerprint density at radius 1 is 0.968 bits per heavy atom. The van der Waals surface area contributed by atoms with Crippen LogP contribution in [-0.4, -0.2) is 55.6 Å². The Morgan fingerprint density at radius 3 is 2.19 bits per heavy atom. The summed E-state index contributed by atoms with van der Waals surface area (Å²) in [5.74, 6) is -0.334. The number of hydrogen-bond donors (Lipinski definition) is 1. The number of rotatable bonds is 7. The van der Waals surface area contributed by atoms with Gasteiger partial charge < -0.3 is 10.2 Å². The summed E-state index contributed by atoms with van der Waals surface area (Å²) >= 11 is 5.83. The number of nitrogens with zero attached hydrogens (tertiary/aromatic N) is 2. The van der Waals surface area contributed by atoms with Crippen molar-refractivity contribution in [2.75, 3.05) is 26.2 Å². The van der Waals surface area contributed by atoms with Gasteiger partial charge in [-0.1, -0.05) is 41.9 Å². The van der Waals surface area contributed by atoms with E-state index in [2.05, 4.69) is 5.32 Å². The molecule has 2 amide bonds. The number of nitrogens with one attached hydrogen (secondary N) is 1. The zero-order valence-corrected chi connectivity index (χ0v) is 18.9. The largest absolute Gasteiger partial charge is 0.350 e. The number of sulfonamides is 1. The molecule has 0 spiro atoms. The smallest absolute Gasteiger partial charge is 0.243 e. The molecule has 0 saturated carbocycles. The minimum absolute atomic E-state index is 0.0945. The summed E-state index contributed by atoms with van der Waals surface area (Å²) in [7, 11) is -3.62. The van der Waals surface area contributed by atoms with E-state index in [1.165, 1.54) is 28.6 Å². The van der Waals surface area contributed by atoms with Crippen molar-refractivity contribution in [2.24, 2.45) is 0 Å². The van der Waals surface area contributed by atoms with E-state index >= 15 is 0 Å².